The molecule has 0 radical (unpaired) electrons. The minimum Gasteiger partial charge on any atom is -0.338 e. The van der Waals surface area contributed by atoms with E-state index in [0.29, 0.717) is 19.6 Å². The molecule has 0 saturated carbocycles. The van der Waals surface area contributed by atoms with Gasteiger partial charge in [0.25, 0.3) is 5.56 Å². The van der Waals surface area contributed by atoms with E-state index in [4.69, 9.17) is 0 Å². The summed E-state index contributed by atoms with van der Waals surface area (Å²) < 4.78 is 28.3. The zero-order valence-electron chi connectivity index (χ0n) is 15.3. The average molecular weight is 381 g/mol. The topological polar surface area (TPSA) is 79.7 Å². The Balaban J connectivity index is 1.81. The van der Waals surface area contributed by atoms with Gasteiger partial charge in [0.2, 0.25) is 15.9 Å². The molecule has 144 valence electrons. The predicted molar refractivity (Wildman–Crippen MR) is 98.3 cm³/mol. The van der Waals surface area contributed by atoms with Crippen molar-refractivity contribution in [1.82, 2.24) is 13.8 Å². The van der Waals surface area contributed by atoms with Crippen molar-refractivity contribution in [2.45, 2.75) is 62.9 Å². The van der Waals surface area contributed by atoms with E-state index in [0.717, 1.165) is 38.5 Å². The van der Waals surface area contributed by atoms with Crippen LogP contribution in [0, 0.1) is 0 Å². The van der Waals surface area contributed by atoms with Gasteiger partial charge >= 0.3 is 0 Å². The van der Waals surface area contributed by atoms with E-state index in [-0.39, 0.29) is 28.9 Å². The second kappa shape index (κ2) is 7.92. The number of likely N-dealkylation sites (tertiary alicyclic amines) is 1. The molecule has 26 heavy (non-hydrogen) atoms. The van der Waals surface area contributed by atoms with E-state index >= 15 is 0 Å². The number of nitrogens with zero attached hydrogens (tertiary/aromatic N) is 3. The normalized spacial score (nSPS) is 22.3. The van der Waals surface area contributed by atoms with Crippen molar-refractivity contribution in [2.24, 2.45) is 0 Å². The van der Waals surface area contributed by atoms with Gasteiger partial charge in [0.1, 0.15) is 6.54 Å². The van der Waals surface area contributed by atoms with Crippen LogP contribution in [0.1, 0.15) is 45.4 Å². The third-order valence-corrected chi connectivity index (χ3v) is 7.22. The zero-order valence-corrected chi connectivity index (χ0v) is 16.1. The summed E-state index contributed by atoms with van der Waals surface area (Å²) >= 11 is 0. The third kappa shape index (κ3) is 4.01. The lowest BCUT2D eigenvalue weighted by molar-refractivity contribution is -0.135. The van der Waals surface area contributed by atoms with Crippen LogP contribution in [0.3, 0.4) is 0 Å². The number of sulfonamides is 1. The zero-order chi connectivity index (χ0) is 18.7. The molecule has 3 heterocycles. The number of hydrogen-bond donors (Lipinski definition) is 0. The molecule has 8 heteroatoms. The molecule has 2 fully saturated rings. The monoisotopic (exact) mass is 381 g/mol. The Hall–Kier alpha value is -1.67. The standard InChI is InChI=1S/C18H27N3O4S/c1-15-7-3-6-12-21(15)18(23)14-19-13-16(8-9-17(19)22)26(24,25)20-10-4-2-5-11-20/h8-9,13,15H,2-7,10-12,14H2,1H3/t15-/m1/s1. The Labute approximate surface area is 154 Å². The van der Waals surface area contributed by atoms with Crippen LogP contribution in [-0.4, -0.2) is 53.8 Å². The first-order chi connectivity index (χ1) is 12.4. The molecule has 0 aliphatic carbocycles. The molecule has 1 atom stereocenters. The maximum absolute atomic E-state index is 12.8. The molecule has 2 aliphatic rings. The molecule has 1 aromatic rings. The lowest BCUT2D eigenvalue weighted by Crippen LogP contribution is -2.44. The minimum atomic E-state index is -3.62. The van der Waals surface area contributed by atoms with E-state index in [1.165, 1.54) is 27.2 Å². The number of amides is 1. The number of carbonyl (C=O) groups is 1. The molecule has 1 amide bonds. The quantitative estimate of drug-likeness (QED) is 0.790. The Morgan fingerprint density at radius 2 is 1.77 bits per heavy atom. The van der Waals surface area contributed by atoms with Crippen LogP contribution in [0.5, 0.6) is 0 Å². The first-order valence-corrected chi connectivity index (χ1v) is 10.8. The van der Waals surface area contributed by atoms with Crippen LogP contribution in [0.15, 0.2) is 28.0 Å². The summed E-state index contributed by atoms with van der Waals surface area (Å²) in [5.74, 6) is -0.133. The first-order valence-electron chi connectivity index (χ1n) is 9.40. The lowest BCUT2D eigenvalue weighted by atomic mass is 10.0. The molecule has 2 aliphatic heterocycles. The third-order valence-electron chi connectivity index (χ3n) is 5.34. The molecule has 0 unspecified atom stereocenters. The molecule has 0 aromatic carbocycles. The number of aromatic nitrogens is 1. The van der Waals surface area contributed by atoms with Crippen molar-refractivity contribution in [3.8, 4) is 0 Å². The minimum absolute atomic E-state index is 0.0819. The summed E-state index contributed by atoms with van der Waals surface area (Å²) in [5.41, 5.74) is -0.361. The largest absolute Gasteiger partial charge is 0.338 e. The highest BCUT2D eigenvalue weighted by Crippen LogP contribution is 2.20. The highest BCUT2D eigenvalue weighted by atomic mass is 32.2. The number of rotatable bonds is 4. The van der Waals surface area contributed by atoms with E-state index in [9.17, 15) is 18.0 Å². The summed E-state index contributed by atoms with van der Waals surface area (Å²) in [7, 11) is -3.62. The predicted octanol–water partition coefficient (Wildman–Crippen LogP) is 1.42. The van der Waals surface area contributed by atoms with E-state index in [1.807, 2.05) is 6.92 Å². The fourth-order valence-corrected chi connectivity index (χ4v) is 5.28. The van der Waals surface area contributed by atoms with Crippen LogP contribution in [0.2, 0.25) is 0 Å². The maximum Gasteiger partial charge on any atom is 0.251 e. The molecule has 0 bridgehead atoms. The molecular weight excluding hydrogens is 354 g/mol. The van der Waals surface area contributed by atoms with Crippen LogP contribution in [0.4, 0.5) is 0 Å². The van der Waals surface area contributed by atoms with Gasteiger partial charge in [0.15, 0.2) is 0 Å². The van der Waals surface area contributed by atoms with Gasteiger partial charge in [0.05, 0.1) is 4.90 Å². The van der Waals surface area contributed by atoms with Gasteiger partial charge in [-0.15, -0.1) is 0 Å². The van der Waals surface area contributed by atoms with Gasteiger partial charge < -0.3 is 9.47 Å². The SMILES string of the molecule is C[C@@H]1CCCCN1C(=O)Cn1cc(S(=O)(=O)N2CCCCC2)ccc1=O. The smallest absolute Gasteiger partial charge is 0.251 e. The summed E-state index contributed by atoms with van der Waals surface area (Å²) in [6.07, 6.45) is 7.09. The fraction of sp³-hybridized carbons (Fsp3) is 0.667. The second-order valence-electron chi connectivity index (χ2n) is 7.23. The number of hydrogen-bond acceptors (Lipinski definition) is 4. The number of carbonyl (C=O) groups excluding carboxylic acids is 1. The first kappa shape index (κ1) is 19.1. The summed E-state index contributed by atoms with van der Waals surface area (Å²) in [4.78, 5) is 26.6. The fourth-order valence-electron chi connectivity index (χ4n) is 3.75. The highest BCUT2D eigenvalue weighted by Gasteiger charge is 2.27. The Bertz CT molecular complexity index is 812. The van der Waals surface area contributed by atoms with Crippen LogP contribution < -0.4 is 5.56 Å². The lowest BCUT2D eigenvalue weighted by Gasteiger charge is -2.33. The Morgan fingerprint density at radius 3 is 2.46 bits per heavy atom. The molecule has 2 saturated heterocycles. The van der Waals surface area contributed by atoms with Gasteiger partial charge in [-0.25, -0.2) is 8.42 Å². The highest BCUT2D eigenvalue weighted by molar-refractivity contribution is 7.89. The van der Waals surface area contributed by atoms with Crippen LogP contribution >= 0.6 is 0 Å². The van der Waals surface area contributed by atoms with E-state index < -0.39 is 10.0 Å². The van der Waals surface area contributed by atoms with Crippen molar-refractivity contribution < 1.29 is 13.2 Å². The molecule has 1 aromatic heterocycles. The van der Waals surface area contributed by atoms with Crippen LogP contribution in [0.25, 0.3) is 0 Å². The van der Waals surface area contributed by atoms with Gasteiger partial charge in [-0.1, -0.05) is 6.42 Å². The number of piperidine rings is 2. The molecule has 0 N–H and O–H groups in total. The van der Waals surface area contributed by atoms with Gasteiger partial charge in [-0.3, -0.25) is 9.59 Å². The second-order valence-corrected chi connectivity index (χ2v) is 9.17. The van der Waals surface area contributed by atoms with Crippen molar-refractivity contribution in [3.05, 3.63) is 28.7 Å². The maximum atomic E-state index is 12.8. The Kier molecular flexibility index (Phi) is 5.82. The average Bonchev–Trinajstić information content (AvgIpc) is 2.64. The molecular formula is C18H27N3O4S. The number of pyridine rings is 1. The van der Waals surface area contributed by atoms with Crippen molar-refractivity contribution in [1.29, 1.82) is 0 Å². The van der Waals surface area contributed by atoms with Crippen LogP contribution in [-0.2, 0) is 21.4 Å². The molecule has 3 rings (SSSR count). The Morgan fingerprint density at radius 1 is 1.08 bits per heavy atom. The van der Waals surface area contributed by atoms with Crippen molar-refractivity contribution >= 4 is 15.9 Å². The van der Waals surface area contributed by atoms with Gasteiger partial charge in [-0.05, 0) is 45.1 Å². The van der Waals surface area contributed by atoms with Crippen molar-refractivity contribution in [3.63, 3.8) is 0 Å². The van der Waals surface area contributed by atoms with Gasteiger partial charge in [-0.2, -0.15) is 4.31 Å². The van der Waals surface area contributed by atoms with E-state index in [2.05, 4.69) is 0 Å². The molecule has 7 nitrogen and oxygen atoms in total. The summed E-state index contributed by atoms with van der Waals surface area (Å²) in [6.45, 7) is 3.60. The van der Waals surface area contributed by atoms with E-state index in [1.54, 1.807) is 4.90 Å². The summed E-state index contributed by atoms with van der Waals surface area (Å²) in [5, 5.41) is 0. The van der Waals surface area contributed by atoms with Crippen molar-refractivity contribution in [2.75, 3.05) is 19.6 Å². The summed E-state index contributed by atoms with van der Waals surface area (Å²) in [6, 6.07) is 2.74. The van der Waals surface area contributed by atoms with Gasteiger partial charge in [0, 0.05) is 37.9 Å². The molecule has 0 spiro atoms.